The molecule has 3 heterocycles. The van der Waals surface area contributed by atoms with E-state index in [1.807, 2.05) is 59.2 Å². The van der Waals surface area contributed by atoms with Gasteiger partial charge in [-0.1, -0.05) is 78.7 Å². The van der Waals surface area contributed by atoms with E-state index >= 15 is 0 Å². The lowest BCUT2D eigenvalue weighted by Crippen LogP contribution is -2.40. The number of hydrogen-bond acceptors (Lipinski definition) is 5. The molecule has 1 aromatic heterocycles. The summed E-state index contributed by atoms with van der Waals surface area (Å²) in [6.45, 7) is 4.23. The van der Waals surface area contributed by atoms with Crippen molar-refractivity contribution in [2.45, 2.75) is 56.3 Å². The summed E-state index contributed by atoms with van der Waals surface area (Å²) in [4.78, 5) is 22.7. The van der Waals surface area contributed by atoms with E-state index in [1.165, 1.54) is 19.3 Å². The quantitative estimate of drug-likeness (QED) is 0.307. The number of aromatic nitrogens is 2. The molecule has 8 nitrogen and oxygen atoms in total. The summed E-state index contributed by atoms with van der Waals surface area (Å²) < 4.78 is 31.9. The lowest BCUT2D eigenvalue weighted by atomic mass is 10.0. The first-order valence-electron chi connectivity index (χ1n) is 14.2. The second-order valence-electron chi connectivity index (χ2n) is 10.9. The van der Waals surface area contributed by atoms with Crippen LogP contribution in [-0.4, -0.2) is 53.3 Å². The monoisotopic (exact) mass is 591 g/mol. The molecule has 1 fully saturated rings. The van der Waals surface area contributed by atoms with Crippen molar-refractivity contribution in [1.29, 1.82) is 0 Å². The van der Waals surface area contributed by atoms with Gasteiger partial charge in [-0.3, -0.25) is 9.69 Å². The van der Waals surface area contributed by atoms with Crippen molar-refractivity contribution in [1.82, 2.24) is 24.1 Å². The van der Waals surface area contributed by atoms with Crippen LogP contribution < -0.4 is 4.72 Å². The summed E-state index contributed by atoms with van der Waals surface area (Å²) >= 11 is 6.71. The third-order valence-corrected chi connectivity index (χ3v) is 9.95. The standard InChI is InChI=1S/C31H34ClN5O3S/c32-31-28(21-35-15-7-2-8-16-35)33-29-22-36(17-18-37(29)31)30(38)20-27(24-10-3-1-4-11-24)34-41(39,40)26-14-13-23-9-5-6-12-25(23)19-26/h1,3-6,9-14,19,27,34H,2,7-8,15-18,20-22H2. The topological polar surface area (TPSA) is 87.5 Å². The predicted molar refractivity (Wildman–Crippen MR) is 160 cm³/mol. The largest absolute Gasteiger partial charge is 0.333 e. The molecule has 4 aromatic rings. The first-order chi connectivity index (χ1) is 19.9. The molecule has 2 aliphatic rings. The van der Waals surface area contributed by atoms with Crippen LogP contribution in [0.1, 0.15) is 48.8 Å². The summed E-state index contributed by atoms with van der Waals surface area (Å²) in [7, 11) is -3.90. The Morgan fingerprint density at radius 3 is 2.41 bits per heavy atom. The third kappa shape index (κ3) is 6.18. The van der Waals surface area contributed by atoms with Crippen LogP contribution >= 0.6 is 11.6 Å². The molecule has 1 atom stereocenters. The highest BCUT2D eigenvalue weighted by atomic mass is 35.5. The van der Waals surface area contributed by atoms with E-state index in [1.54, 1.807) is 23.1 Å². The number of sulfonamides is 1. The fourth-order valence-electron chi connectivity index (χ4n) is 5.80. The second-order valence-corrected chi connectivity index (χ2v) is 12.9. The Hall–Kier alpha value is -3.24. The Labute approximate surface area is 246 Å². The molecular formula is C31H34ClN5O3S. The highest BCUT2D eigenvalue weighted by Crippen LogP contribution is 2.28. The lowest BCUT2D eigenvalue weighted by Gasteiger charge is -2.29. The average Bonchev–Trinajstić information content (AvgIpc) is 3.31. The summed E-state index contributed by atoms with van der Waals surface area (Å²) in [5, 5.41) is 2.46. The summed E-state index contributed by atoms with van der Waals surface area (Å²) in [5.74, 6) is 0.637. The molecule has 1 saturated heterocycles. The highest BCUT2D eigenvalue weighted by molar-refractivity contribution is 7.89. The molecule has 0 spiro atoms. The van der Waals surface area contributed by atoms with Crippen molar-refractivity contribution in [2.75, 3.05) is 19.6 Å². The van der Waals surface area contributed by atoms with Crippen molar-refractivity contribution in [3.05, 3.63) is 95.0 Å². The highest BCUT2D eigenvalue weighted by Gasteiger charge is 2.30. The SMILES string of the molecule is O=C(CC(NS(=O)(=O)c1ccc2ccccc2c1)c1ccccc1)N1CCn2c(nc(CN3CCCCC3)c2Cl)C1. The van der Waals surface area contributed by atoms with Crippen molar-refractivity contribution in [2.24, 2.45) is 0 Å². The van der Waals surface area contributed by atoms with Gasteiger partial charge in [0.2, 0.25) is 15.9 Å². The molecule has 41 heavy (non-hydrogen) atoms. The number of nitrogens with zero attached hydrogens (tertiary/aromatic N) is 4. The summed E-state index contributed by atoms with van der Waals surface area (Å²) in [5.41, 5.74) is 1.60. The Morgan fingerprint density at radius 1 is 0.902 bits per heavy atom. The Bertz CT molecular complexity index is 1650. The molecule has 6 rings (SSSR count). The van der Waals surface area contributed by atoms with Crippen molar-refractivity contribution in [3.8, 4) is 0 Å². The van der Waals surface area contributed by atoms with Crippen LogP contribution in [-0.2, 0) is 34.5 Å². The van der Waals surface area contributed by atoms with E-state index in [0.717, 1.165) is 47.5 Å². The second kappa shape index (κ2) is 11.9. The smallest absolute Gasteiger partial charge is 0.241 e. The zero-order valence-electron chi connectivity index (χ0n) is 22.9. The minimum atomic E-state index is -3.90. The molecule has 0 bridgehead atoms. The predicted octanol–water partition coefficient (Wildman–Crippen LogP) is 5.13. The number of benzene rings is 3. The van der Waals surface area contributed by atoms with Gasteiger partial charge in [0.25, 0.3) is 0 Å². The van der Waals surface area contributed by atoms with E-state index in [4.69, 9.17) is 16.6 Å². The Balaban J connectivity index is 1.19. The van der Waals surface area contributed by atoms with Crippen LogP contribution in [0.4, 0.5) is 0 Å². The number of hydrogen-bond donors (Lipinski definition) is 1. The van der Waals surface area contributed by atoms with Gasteiger partial charge >= 0.3 is 0 Å². The summed E-state index contributed by atoms with van der Waals surface area (Å²) in [6.07, 6.45) is 3.65. The van der Waals surface area contributed by atoms with E-state index in [0.29, 0.717) is 24.8 Å². The van der Waals surface area contributed by atoms with Crippen LogP contribution in [0.25, 0.3) is 10.8 Å². The van der Waals surface area contributed by atoms with E-state index < -0.39 is 16.1 Å². The van der Waals surface area contributed by atoms with Crippen LogP contribution in [0, 0.1) is 0 Å². The molecule has 3 aromatic carbocycles. The number of likely N-dealkylation sites (tertiary alicyclic amines) is 1. The number of fused-ring (bicyclic) bond motifs is 2. The molecule has 0 radical (unpaired) electrons. The molecule has 1 amide bonds. The van der Waals surface area contributed by atoms with Gasteiger partial charge in [-0.25, -0.2) is 18.1 Å². The molecule has 10 heteroatoms. The maximum atomic E-state index is 13.6. The molecule has 1 unspecified atom stereocenters. The van der Waals surface area contributed by atoms with Crippen LogP contribution in [0.5, 0.6) is 0 Å². The maximum Gasteiger partial charge on any atom is 0.241 e. The lowest BCUT2D eigenvalue weighted by molar-refractivity contribution is -0.133. The number of carbonyl (C=O) groups is 1. The number of carbonyl (C=O) groups excluding carboxylic acids is 1. The van der Waals surface area contributed by atoms with Gasteiger partial charge in [0.1, 0.15) is 11.0 Å². The van der Waals surface area contributed by atoms with E-state index in [-0.39, 0.29) is 17.2 Å². The molecule has 214 valence electrons. The number of nitrogens with one attached hydrogen (secondary N) is 1. The zero-order valence-corrected chi connectivity index (χ0v) is 24.4. The number of imidazole rings is 1. The maximum absolute atomic E-state index is 13.6. The average molecular weight is 592 g/mol. The van der Waals surface area contributed by atoms with Crippen molar-refractivity contribution >= 4 is 38.3 Å². The van der Waals surface area contributed by atoms with E-state index in [9.17, 15) is 13.2 Å². The number of piperidine rings is 1. The minimum absolute atomic E-state index is 0.00804. The number of amides is 1. The normalized spacial score (nSPS) is 17.0. The van der Waals surface area contributed by atoms with Crippen LogP contribution in [0.2, 0.25) is 5.15 Å². The first-order valence-corrected chi connectivity index (χ1v) is 16.0. The van der Waals surface area contributed by atoms with Gasteiger partial charge in [-0.05, 0) is 54.4 Å². The van der Waals surface area contributed by atoms with Gasteiger partial charge in [0.15, 0.2) is 0 Å². The number of rotatable bonds is 8. The van der Waals surface area contributed by atoms with Gasteiger partial charge in [0.05, 0.1) is 23.2 Å². The molecule has 2 aliphatic heterocycles. The van der Waals surface area contributed by atoms with Gasteiger partial charge in [-0.2, -0.15) is 0 Å². The molecule has 1 N–H and O–H groups in total. The Kier molecular flexibility index (Phi) is 8.12. The molecule has 0 saturated carbocycles. The number of halogens is 1. The van der Waals surface area contributed by atoms with Crippen molar-refractivity contribution < 1.29 is 13.2 Å². The van der Waals surface area contributed by atoms with Gasteiger partial charge in [0, 0.05) is 26.1 Å². The van der Waals surface area contributed by atoms with Gasteiger partial charge in [-0.15, -0.1) is 0 Å². The van der Waals surface area contributed by atoms with Gasteiger partial charge < -0.3 is 9.47 Å². The minimum Gasteiger partial charge on any atom is -0.333 e. The molecular weight excluding hydrogens is 558 g/mol. The first kappa shape index (κ1) is 27.9. The fraction of sp³-hybridized carbons (Fsp3) is 0.355. The van der Waals surface area contributed by atoms with E-state index in [2.05, 4.69) is 9.62 Å². The summed E-state index contributed by atoms with van der Waals surface area (Å²) in [6, 6.07) is 21.2. The van der Waals surface area contributed by atoms with Crippen LogP contribution in [0.3, 0.4) is 0 Å². The fourth-order valence-corrected chi connectivity index (χ4v) is 7.34. The Morgan fingerprint density at radius 2 is 1.63 bits per heavy atom. The van der Waals surface area contributed by atoms with Crippen LogP contribution in [0.15, 0.2) is 77.7 Å². The zero-order chi connectivity index (χ0) is 28.4. The third-order valence-electron chi connectivity index (χ3n) is 8.06. The molecule has 0 aliphatic carbocycles. The van der Waals surface area contributed by atoms with Crippen molar-refractivity contribution in [3.63, 3.8) is 0 Å².